The SMILES string of the molecule is CCC(c1cc(F)cc(F)c1)n1c(-c2ccn(CC)n2)nc(O)c(Cc2ccc(-c3ccc(F)nc3C)cc2)c1=O. The Balaban J connectivity index is 1.61. The van der Waals surface area contributed by atoms with Crippen molar-refractivity contribution in [2.24, 2.45) is 0 Å². The van der Waals surface area contributed by atoms with Crippen LogP contribution in [0.5, 0.6) is 5.88 Å². The van der Waals surface area contributed by atoms with Crippen LogP contribution < -0.4 is 5.56 Å². The van der Waals surface area contributed by atoms with Crippen LogP contribution in [0.2, 0.25) is 0 Å². The predicted octanol–water partition coefficient (Wildman–Crippen LogP) is 6.21. The molecular formula is C31H28F3N5O2. The molecule has 0 aliphatic heterocycles. The highest BCUT2D eigenvalue weighted by molar-refractivity contribution is 5.66. The first kappa shape index (κ1) is 27.8. The van der Waals surface area contributed by atoms with E-state index in [0.717, 1.165) is 22.8 Å². The molecule has 5 rings (SSSR count). The highest BCUT2D eigenvalue weighted by Crippen LogP contribution is 2.30. The van der Waals surface area contributed by atoms with E-state index >= 15 is 0 Å². The minimum atomic E-state index is -0.780. The van der Waals surface area contributed by atoms with Crippen molar-refractivity contribution in [2.75, 3.05) is 0 Å². The predicted molar refractivity (Wildman–Crippen MR) is 149 cm³/mol. The Morgan fingerprint density at radius 2 is 1.63 bits per heavy atom. The molecule has 0 saturated carbocycles. The van der Waals surface area contributed by atoms with Crippen LogP contribution in [0.25, 0.3) is 22.6 Å². The number of nitrogens with zero attached hydrogens (tertiary/aromatic N) is 5. The summed E-state index contributed by atoms with van der Waals surface area (Å²) in [6.07, 6.45) is 2.09. The number of aromatic nitrogens is 5. The van der Waals surface area contributed by atoms with Gasteiger partial charge in [0.1, 0.15) is 17.3 Å². The zero-order valence-electron chi connectivity index (χ0n) is 22.8. The number of hydrogen-bond donors (Lipinski definition) is 1. The van der Waals surface area contributed by atoms with E-state index in [9.17, 15) is 23.1 Å². The molecule has 0 radical (unpaired) electrons. The quantitative estimate of drug-likeness (QED) is 0.229. The maximum atomic E-state index is 14.2. The van der Waals surface area contributed by atoms with Crippen molar-refractivity contribution in [3.8, 4) is 28.5 Å². The van der Waals surface area contributed by atoms with E-state index in [0.29, 0.717) is 24.4 Å². The summed E-state index contributed by atoms with van der Waals surface area (Å²) in [5.41, 5.74) is 2.94. The van der Waals surface area contributed by atoms with Gasteiger partial charge in [-0.3, -0.25) is 14.0 Å². The molecule has 2 aromatic carbocycles. The van der Waals surface area contributed by atoms with E-state index in [1.54, 1.807) is 49.0 Å². The highest BCUT2D eigenvalue weighted by atomic mass is 19.1. The van der Waals surface area contributed by atoms with E-state index in [1.165, 1.54) is 22.8 Å². The first-order chi connectivity index (χ1) is 19.7. The van der Waals surface area contributed by atoms with Gasteiger partial charge in [0.15, 0.2) is 5.82 Å². The molecular weight excluding hydrogens is 531 g/mol. The zero-order valence-corrected chi connectivity index (χ0v) is 22.8. The molecule has 210 valence electrons. The standard InChI is InChI=1S/C31H28F3N5O2/c1-4-27(21-15-22(32)17-23(33)16-21)39-29(26-12-13-38(5-2)37-26)36-30(40)25(31(39)41)14-19-6-8-20(9-7-19)24-10-11-28(34)35-18(24)3/h6-13,15-17,27,40H,4-5,14H2,1-3H3. The number of aromatic hydroxyl groups is 1. The lowest BCUT2D eigenvalue weighted by atomic mass is 9.99. The summed E-state index contributed by atoms with van der Waals surface area (Å²) in [6.45, 7) is 6.00. The Bertz CT molecular complexity index is 1760. The van der Waals surface area contributed by atoms with Gasteiger partial charge in [0, 0.05) is 36.5 Å². The van der Waals surface area contributed by atoms with Gasteiger partial charge in [-0.05, 0) is 67.3 Å². The van der Waals surface area contributed by atoms with Gasteiger partial charge in [0.2, 0.25) is 11.8 Å². The molecule has 0 spiro atoms. The molecule has 3 aromatic heterocycles. The fourth-order valence-corrected chi connectivity index (χ4v) is 5.02. The van der Waals surface area contributed by atoms with E-state index in [2.05, 4.69) is 15.1 Å². The Labute approximate surface area is 234 Å². The van der Waals surface area contributed by atoms with Gasteiger partial charge >= 0.3 is 0 Å². The average molecular weight is 560 g/mol. The van der Waals surface area contributed by atoms with Crippen molar-refractivity contribution < 1.29 is 18.3 Å². The topological polar surface area (TPSA) is 85.8 Å². The van der Waals surface area contributed by atoms with Crippen LogP contribution in [0.4, 0.5) is 13.2 Å². The van der Waals surface area contributed by atoms with Crippen molar-refractivity contribution in [1.29, 1.82) is 0 Å². The number of halogens is 3. The molecule has 41 heavy (non-hydrogen) atoms. The lowest BCUT2D eigenvalue weighted by Crippen LogP contribution is -2.31. The second-order valence-corrected chi connectivity index (χ2v) is 9.74. The Morgan fingerprint density at radius 1 is 0.927 bits per heavy atom. The Hall–Kier alpha value is -4.73. The number of aryl methyl sites for hydroxylation is 2. The number of rotatable bonds is 8. The van der Waals surface area contributed by atoms with Gasteiger partial charge in [0.25, 0.3) is 5.56 Å². The maximum Gasteiger partial charge on any atom is 0.261 e. The molecule has 1 atom stereocenters. The summed E-state index contributed by atoms with van der Waals surface area (Å²) in [5, 5.41) is 15.4. The lowest BCUT2D eigenvalue weighted by molar-refractivity contribution is 0.433. The van der Waals surface area contributed by atoms with Crippen molar-refractivity contribution >= 4 is 0 Å². The minimum Gasteiger partial charge on any atom is -0.493 e. The average Bonchev–Trinajstić information content (AvgIpc) is 3.42. The number of hydrogen-bond acceptors (Lipinski definition) is 5. The molecule has 1 N–H and O–H groups in total. The molecule has 0 aliphatic rings. The number of benzene rings is 2. The highest BCUT2D eigenvalue weighted by Gasteiger charge is 2.26. The van der Waals surface area contributed by atoms with Gasteiger partial charge < -0.3 is 5.11 Å². The van der Waals surface area contributed by atoms with E-state index in [1.807, 2.05) is 19.1 Å². The van der Waals surface area contributed by atoms with Crippen molar-refractivity contribution in [1.82, 2.24) is 24.3 Å². The second kappa shape index (κ2) is 11.4. The van der Waals surface area contributed by atoms with Gasteiger partial charge in [-0.25, -0.2) is 13.8 Å². The largest absolute Gasteiger partial charge is 0.493 e. The summed E-state index contributed by atoms with van der Waals surface area (Å²) in [4.78, 5) is 22.3. The third-order valence-electron chi connectivity index (χ3n) is 7.05. The van der Waals surface area contributed by atoms with Gasteiger partial charge in [-0.1, -0.05) is 31.2 Å². The molecule has 0 fully saturated rings. The van der Waals surface area contributed by atoms with Crippen molar-refractivity contribution in [3.05, 3.63) is 117 Å². The smallest absolute Gasteiger partial charge is 0.261 e. The molecule has 10 heteroatoms. The molecule has 0 amide bonds. The lowest BCUT2D eigenvalue weighted by Gasteiger charge is -2.23. The van der Waals surface area contributed by atoms with Crippen LogP contribution in [-0.4, -0.2) is 29.4 Å². The summed E-state index contributed by atoms with van der Waals surface area (Å²) in [5.74, 6) is -2.44. The molecule has 0 bridgehead atoms. The monoisotopic (exact) mass is 559 g/mol. The normalized spacial score (nSPS) is 12.0. The summed E-state index contributed by atoms with van der Waals surface area (Å²) >= 11 is 0. The van der Waals surface area contributed by atoms with Crippen LogP contribution >= 0.6 is 0 Å². The van der Waals surface area contributed by atoms with Crippen molar-refractivity contribution in [3.63, 3.8) is 0 Å². The summed E-state index contributed by atoms with van der Waals surface area (Å²) < 4.78 is 44.9. The molecule has 0 saturated heterocycles. The van der Waals surface area contributed by atoms with Crippen molar-refractivity contribution in [2.45, 2.75) is 46.2 Å². The van der Waals surface area contributed by atoms with Gasteiger partial charge in [0.05, 0.1) is 11.6 Å². The molecule has 1 unspecified atom stereocenters. The third-order valence-corrected chi connectivity index (χ3v) is 7.05. The van der Waals surface area contributed by atoms with Crippen LogP contribution in [-0.2, 0) is 13.0 Å². The molecule has 7 nitrogen and oxygen atoms in total. The van der Waals surface area contributed by atoms with E-state index < -0.39 is 35.1 Å². The maximum absolute atomic E-state index is 14.2. The van der Waals surface area contributed by atoms with Gasteiger partial charge in [-0.2, -0.15) is 14.5 Å². The van der Waals surface area contributed by atoms with Crippen LogP contribution in [0.15, 0.2) is 71.7 Å². The summed E-state index contributed by atoms with van der Waals surface area (Å²) in [6, 6.07) is 14.3. The Kier molecular flexibility index (Phi) is 7.74. The van der Waals surface area contributed by atoms with E-state index in [4.69, 9.17) is 0 Å². The first-order valence-corrected chi connectivity index (χ1v) is 13.2. The zero-order chi connectivity index (χ0) is 29.3. The number of pyridine rings is 1. The van der Waals surface area contributed by atoms with Gasteiger partial charge in [-0.15, -0.1) is 0 Å². The minimum absolute atomic E-state index is 0.0337. The Morgan fingerprint density at radius 3 is 2.24 bits per heavy atom. The summed E-state index contributed by atoms with van der Waals surface area (Å²) in [7, 11) is 0. The second-order valence-electron chi connectivity index (χ2n) is 9.74. The van der Waals surface area contributed by atoms with Crippen LogP contribution in [0.1, 0.15) is 48.7 Å². The van der Waals surface area contributed by atoms with Crippen LogP contribution in [0.3, 0.4) is 0 Å². The molecule has 3 heterocycles. The molecule has 0 aliphatic carbocycles. The first-order valence-electron chi connectivity index (χ1n) is 13.2. The van der Waals surface area contributed by atoms with E-state index in [-0.39, 0.29) is 23.4 Å². The fourth-order valence-electron chi connectivity index (χ4n) is 5.02. The molecule has 5 aromatic rings. The van der Waals surface area contributed by atoms with Crippen LogP contribution in [0, 0.1) is 24.5 Å². The third kappa shape index (κ3) is 5.63. The fraction of sp³-hybridized carbons (Fsp3) is 0.226.